The van der Waals surface area contributed by atoms with E-state index in [0.717, 1.165) is 12.0 Å². The van der Waals surface area contributed by atoms with Gasteiger partial charge < -0.3 is 10.5 Å². The van der Waals surface area contributed by atoms with Crippen molar-refractivity contribution in [2.45, 2.75) is 38.3 Å². The molecule has 6 nitrogen and oxygen atoms in total. The largest absolute Gasteiger partial charge is 0.445 e. The summed E-state index contributed by atoms with van der Waals surface area (Å²) in [5.41, 5.74) is 5.94. The van der Waals surface area contributed by atoms with Gasteiger partial charge in [-0.3, -0.25) is 14.5 Å². The third kappa shape index (κ3) is 4.31. The van der Waals surface area contributed by atoms with Gasteiger partial charge in [-0.1, -0.05) is 30.3 Å². The van der Waals surface area contributed by atoms with Crippen LogP contribution in [0.25, 0.3) is 0 Å². The smallest absolute Gasteiger partial charge is 0.410 e. The zero-order valence-corrected chi connectivity index (χ0v) is 12.4. The first-order chi connectivity index (χ1) is 10.6. The van der Waals surface area contributed by atoms with Gasteiger partial charge in [-0.25, -0.2) is 4.79 Å². The zero-order valence-electron chi connectivity index (χ0n) is 12.4. The fraction of sp³-hybridized carbons (Fsp3) is 0.438. The van der Waals surface area contributed by atoms with E-state index in [9.17, 15) is 14.4 Å². The van der Waals surface area contributed by atoms with Crippen molar-refractivity contribution >= 4 is 17.8 Å². The van der Waals surface area contributed by atoms with Crippen molar-refractivity contribution in [3.63, 3.8) is 0 Å². The predicted molar refractivity (Wildman–Crippen MR) is 79.8 cm³/mol. The topological polar surface area (TPSA) is 89.7 Å². The molecule has 1 fully saturated rings. The Hall–Kier alpha value is -2.37. The first kappa shape index (κ1) is 16.0. The van der Waals surface area contributed by atoms with Gasteiger partial charge in [-0.2, -0.15) is 0 Å². The number of nitrogens with two attached hydrogens (primary N) is 1. The summed E-state index contributed by atoms with van der Waals surface area (Å²) < 4.78 is 5.26. The van der Waals surface area contributed by atoms with E-state index < -0.39 is 18.0 Å². The van der Waals surface area contributed by atoms with Gasteiger partial charge in [0.2, 0.25) is 5.91 Å². The molecular formula is C16H20N2O4. The third-order valence-electron chi connectivity index (χ3n) is 3.68. The van der Waals surface area contributed by atoms with E-state index in [0.29, 0.717) is 13.0 Å². The Morgan fingerprint density at radius 1 is 1.18 bits per heavy atom. The molecule has 1 saturated heterocycles. The van der Waals surface area contributed by atoms with Gasteiger partial charge in [-0.05, 0) is 18.4 Å². The Labute approximate surface area is 129 Å². The maximum Gasteiger partial charge on any atom is 0.410 e. The number of likely N-dealkylation sites (tertiary alicyclic amines) is 1. The number of benzene rings is 1. The van der Waals surface area contributed by atoms with E-state index in [4.69, 9.17) is 10.5 Å². The summed E-state index contributed by atoms with van der Waals surface area (Å²) in [7, 11) is 0. The van der Waals surface area contributed by atoms with Gasteiger partial charge in [0.15, 0.2) is 5.78 Å². The second-order valence-corrected chi connectivity index (χ2v) is 5.32. The molecule has 2 N–H and O–H groups in total. The molecule has 1 atom stereocenters. The molecule has 22 heavy (non-hydrogen) atoms. The average molecular weight is 304 g/mol. The third-order valence-corrected chi connectivity index (χ3v) is 3.68. The lowest BCUT2D eigenvalue weighted by atomic mass is 10.1. The number of primary amides is 1. The molecule has 2 rings (SSSR count). The Balaban J connectivity index is 1.87. The number of Topliss-reactive ketones (excluding diaryl/α,β-unsaturated/α-hetero) is 1. The van der Waals surface area contributed by atoms with Crippen molar-refractivity contribution in [3.05, 3.63) is 35.9 Å². The summed E-state index contributed by atoms with van der Waals surface area (Å²) in [6.07, 6.45) is 0.967. The minimum atomic E-state index is -0.510. The average Bonchev–Trinajstić information content (AvgIpc) is 3.01. The summed E-state index contributed by atoms with van der Waals surface area (Å²) in [4.78, 5) is 36.4. The van der Waals surface area contributed by atoms with Crippen molar-refractivity contribution in [3.8, 4) is 0 Å². The molecule has 1 aromatic carbocycles. The molecular weight excluding hydrogens is 284 g/mol. The highest BCUT2D eigenvalue weighted by atomic mass is 16.6. The van der Waals surface area contributed by atoms with E-state index >= 15 is 0 Å². The molecule has 0 aromatic heterocycles. The number of ketones is 1. The van der Waals surface area contributed by atoms with Crippen LogP contribution in [0.15, 0.2) is 30.3 Å². The van der Waals surface area contributed by atoms with Crippen molar-refractivity contribution in [1.82, 2.24) is 4.90 Å². The minimum absolute atomic E-state index is 0.0161. The number of amides is 2. The van der Waals surface area contributed by atoms with Gasteiger partial charge in [-0.15, -0.1) is 0 Å². The second kappa shape index (κ2) is 7.59. The molecule has 1 heterocycles. The highest BCUT2D eigenvalue weighted by Crippen LogP contribution is 2.21. The minimum Gasteiger partial charge on any atom is -0.445 e. The number of carbonyl (C=O) groups excluding carboxylic acids is 3. The van der Waals surface area contributed by atoms with Crippen LogP contribution in [-0.2, 0) is 20.9 Å². The Morgan fingerprint density at radius 3 is 2.59 bits per heavy atom. The first-order valence-electron chi connectivity index (χ1n) is 7.36. The van der Waals surface area contributed by atoms with Crippen molar-refractivity contribution in [2.24, 2.45) is 5.73 Å². The highest BCUT2D eigenvalue weighted by molar-refractivity contribution is 5.90. The van der Waals surface area contributed by atoms with Gasteiger partial charge in [0.05, 0.1) is 6.04 Å². The zero-order chi connectivity index (χ0) is 15.9. The fourth-order valence-electron chi connectivity index (χ4n) is 2.54. The first-order valence-corrected chi connectivity index (χ1v) is 7.36. The van der Waals surface area contributed by atoms with E-state index in [1.165, 1.54) is 4.90 Å². The standard InChI is InChI=1S/C16H20N2O4/c17-15(20)9-8-14(19)13-7-4-10-18(13)16(21)22-11-12-5-2-1-3-6-12/h1-3,5-6,13H,4,7-11H2,(H2,17,20)/t13-/m0/s1. The Morgan fingerprint density at radius 2 is 1.91 bits per heavy atom. The normalized spacial score (nSPS) is 17.3. The van der Waals surface area contributed by atoms with Crippen molar-refractivity contribution in [1.29, 1.82) is 0 Å². The van der Waals surface area contributed by atoms with Crippen LogP contribution < -0.4 is 5.73 Å². The Kier molecular flexibility index (Phi) is 5.52. The highest BCUT2D eigenvalue weighted by Gasteiger charge is 2.34. The van der Waals surface area contributed by atoms with Gasteiger partial charge in [0.25, 0.3) is 0 Å². The quantitative estimate of drug-likeness (QED) is 0.864. The summed E-state index contributed by atoms with van der Waals surface area (Å²) in [5.74, 6) is -0.641. The number of ether oxygens (including phenoxy) is 1. The maximum absolute atomic E-state index is 12.1. The number of rotatable bonds is 6. The molecule has 0 unspecified atom stereocenters. The lowest BCUT2D eigenvalue weighted by Gasteiger charge is -2.23. The Bertz CT molecular complexity index is 544. The molecule has 1 aromatic rings. The molecule has 0 bridgehead atoms. The molecule has 0 saturated carbocycles. The van der Waals surface area contributed by atoms with Crippen molar-refractivity contribution < 1.29 is 19.1 Å². The summed E-state index contributed by atoms with van der Waals surface area (Å²) >= 11 is 0. The number of carbonyl (C=O) groups is 3. The van der Waals surface area contributed by atoms with E-state index in [1.54, 1.807) is 0 Å². The molecule has 0 radical (unpaired) electrons. The molecule has 1 aliphatic heterocycles. The molecule has 0 spiro atoms. The van der Waals surface area contributed by atoms with Crippen LogP contribution in [0, 0.1) is 0 Å². The fourth-order valence-corrected chi connectivity index (χ4v) is 2.54. The van der Waals surface area contributed by atoms with Gasteiger partial charge >= 0.3 is 6.09 Å². The van der Waals surface area contributed by atoms with E-state index in [-0.39, 0.29) is 25.2 Å². The lowest BCUT2D eigenvalue weighted by molar-refractivity contribution is -0.126. The molecule has 2 amide bonds. The van der Waals surface area contributed by atoms with Gasteiger partial charge in [0, 0.05) is 19.4 Å². The van der Waals surface area contributed by atoms with Crippen LogP contribution in [0.3, 0.4) is 0 Å². The SMILES string of the molecule is NC(=O)CCC(=O)[C@@H]1CCCN1C(=O)OCc1ccccc1. The second-order valence-electron chi connectivity index (χ2n) is 5.32. The molecule has 118 valence electrons. The number of nitrogens with zero attached hydrogens (tertiary/aromatic N) is 1. The molecule has 1 aliphatic rings. The van der Waals surface area contributed by atoms with Crippen molar-refractivity contribution in [2.75, 3.05) is 6.54 Å². The van der Waals surface area contributed by atoms with Crippen LogP contribution in [0.2, 0.25) is 0 Å². The van der Waals surface area contributed by atoms with E-state index in [1.807, 2.05) is 30.3 Å². The van der Waals surface area contributed by atoms with Crippen LogP contribution in [0.4, 0.5) is 4.79 Å². The molecule has 0 aliphatic carbocycles. The maximum atomic E-state index is 12.1. The number of hydrogen-bond acceptors (Lipinski definition) is 4. The molecule has 6 heteroatoms. The summed E-state index contributed by atoms with van der Waals surface area (Å²) in [5, 5.41) is 0. The van der Waals surface area contributed by atoms with Gasteiger partial charge in [0.1, 0.15) is 6.61 Å². The van der Waals surface area contributed by atoms with E-state index in [2.05, 4.69) is 0 Å². The lowest BCUT2D eigenvalue weighted by Crippen LogP contribution is -2.41. The summed E-state index contributed by atoms with van der Waals surface area (Å²) in [6, 6.07) is 8.87. The van der Waals surface area contributed by atoms with Crippen LogP contribution in [-0.4, -0.2) is 35.3 Å². The van der Waals surface area contributed by atoms with Crippen LogP contribution in [0.5, 0.6) is 0 Å². The predicted octanol–water partition coefficient (Wildman–Crippen LogP) is 1.62. The summed E-state index contributed by atoms with van der Waals surface area (Å²) in [6.45, 7) is 0.680. The van der Waals surface area contributed by atoms with Crippen LogP contribution >= 0.6 is 0 Å². The monoisotopic (exact) mass is 304 g/mol. The number of hydrogen-bond donors (Lipinski definition) is 1. The van der Waals surface area contributed by atoms with Crippen LogP contribution in [0.1, 0.15) is 31.2 Å².